The molecule has 0 saturated heterocycles. The molecule has 0 bridgehead atoms. The fourth-order valence-corrected chi connectivity index (χ4v) is 5.55. The second kappa shape index (κ2) is 34.1. The lowest BCUT2D eigenvalue weighted by Gasteiger charge is -2.18. The highest BCUT2D eigenvalue weighted by Crippen LogP contribution is 2.36. The van der Waals surface area contributed by atoms with E-state index in [1.54, 1.807) is 0 Å². The fourth-order valence-electron chi connectivity index (χ4n) is 5.19. The second-order valence-corrected chi connectivity index (χ2v) is 14.8. The Labute approximate surface area is 304 Å². The first-order valence-electron chi connectivity index (χ1n) is 19.4. The molecule has 0 heterocycles. The van der Waals surface area contributed by atoms with Gasteiger partial charge in [-0.15, -0.1) is 0 Å². The van der Waals surface area contributed by atoms with Crippen LogP contribution < -0.4 is 0 Å². The summed E-state index contributed by atoms with van der Waals surface area (Å²) in [6.07, 6.45) is 36.0. The molecule has 0 aliphatic heterocycles. The lowest BCUT2D eigenvalue weighted by Crippen LogP contribution is -2.29. The number of ether oxygens (including phenoxy) is 2. The summed E-state index contributed by atoms with van der Waals surface area (Å²) < 4.78 is 26.2. The summed E-state index contributed by atoms with van der Waals surface area (Å²) in [4.78, 5) is 42.7. The largest absolute Gasteiger partial charge is 0.469 e. The van der Waals surface area contributed by atoms with E-state index in [0.29, 0.717) is 19.3 Å². The van der Waals surface area contributed by atoms with Gasteiger partial charge in [0.2, 0.25) is 0 Å². The number of hydrogen-bond acceptors (Lipinski definition) is 7. The van der Waals surface area contributed by atoms with Gasteiger partial charge < -0.3 is 24.4 Å². The maximum absolute atomic E-state index is 12.4. The highest BCUT2D eigenvalue weighted by Gasteiger charge is 2.22. The van der Waals surface area contributed by atoms with Crippen LogP contribution in [-0.4, -0.2) is 52.3 Å². The van der Waals surface area contributed by atoms with Crippen LogP contribution in [0.25, 0.3) is 0 Å². The first kappa shape index (κ1) is 48.0. The lowest BCUT2D eigenvalue weighted by atomic mass is 10.0. The normalized spacial score (nSPS) is 13.7. The Hall–Kier alpha value is -2.03. The summed E-state index contributed by atoms with van der Waals surface area (Å²) in [5, 5.41) is 9.86. The van der Waals surface area contributed by atoms with Crippen molar-refractivity contribution in [2.45, 2.75) is 174 Å². The first-order valence-corrected chi connectivity index (χ1v) is 20.9. The summed E-state index contributed by atoms with van der Waals surface area (Å²) in [5.41, 5.74) is 0. The minimum absolute atomic E-state index is 0.171. The van der Waals surface area contributed by atoms with Crippen molar-refractivity contribution in [2.75, 3.05) is 13.2 Å². The number of esters is 2. The van der Waals surface area contributed by atoms with Crippen molar-refractivity contribution in [3.8, 4) is 0 Å². The lowest BCUT2D eigenvalue weighted by molar-refractivity contribution is -0.161. The molecule has 0 aromatic heterocycles. The third-order valence-corrected chi connectivity index (χ3v) is 8.62. The summed E-state index contributed by atoms with van der Waals surface area (Å²) in [6, 6.07) is 0. The molecule has 0 spiro atoms. The van der Waals surface area contributed by atoms with Gasteiger partial charge in [-0.1, -0.05) is 159 Å². The van der Waals surface area contributed by atoms with Crippen LogP contribution in [0.5, 0.6) is 0 Å². The van der Waals surface area contributed by atoms with E-state index in [0.717, 1.165) is 63.7 Å². The van der Waals surface area contributed by atoms with Gasteiger partial charge in [0.15, 0.2) is 6.10 Å². The number of phosphoric ester groups is 1. The number of unbranched alkanes of at least 4 members (excludes halogenated alkanes) is 13. The molecule has 3 N–H and O–H groups in total. The molecule has 0 aromatic carbocycles. The van der Waals surface area contributed by atoms with E-state index in [4.69, 9.17) is 19.3 Å². The van der Waals surface area contributed by atoms with Gasteiger partial charge in [-0.05, 0) is 44.4 Å². The highest BCUT2D eigenvalue weighted by atomic mass is 31.2. The van der Waals surface area contributed by atoms with E-state index in [9.17, 15) is 19.3 Å². The van der Waals surface area contributed by atoms with E-state index < -0.39 is 32.5 Å². The SMILES string of the molecule is CCCCC[C@@H](O)/C=C/C=C\C/C=C\C/C=C\CCCC(=O)OC[C@H](COP(=O)(O)O)OC(=O)CCCCCCCCCCCCCC(C)C. The number of aliphatic hydroxyl groups is 1. The molecular formula is C40H71O9P. The highest BCUT2D eigenvalue weighted by molar-refractivity contribution is 7.46. The van der Waals surface area contributed by atoms with Crippen molar-refractivity contribution in [3.63, 3.8) is 0 Å². The minimum atomic E-state index is -4.77. The average Bonchev–Trinajstić information content (AvgIpc) is 3.06. The van der Waals surface area contributed by atoms with Crippen molar-refractivity contribution in [2.24, 2.45) is 5.92 Å². The van der Waals surface area contributed by atoms with Gasteiger partial charge in [-0.3, -0.25) is 14.1 Å². The molecular weight excluding hydrogens is 655 g/mol. The summed E-state index contributed by atoms with van der Waals surface area (Å²) in [7, 11) is -4.77. The number of allylic oxidation sites excluding steroid dienone is 7. The van der Waals surface area contributed by atoms with Gasteiger partial charge in [0.05, 0.1) is 12.7 Å². The molecule has 0 amide bonds. The molecule has 0 aliphatic carbocycles. The molecule has 0 saturated carbocycles. The van der Waals surface area contributed by atoms with Crippen LogP contribution in [0.2, 0.25) is 0 Å². The number of hydrogen-bond donors (Lipinski definition) is 3. The zero-order chi connectivity index (χ0) is 37.1. The van der Waals surface area contributed by atoms with Crippen LogP contribution in [0.4, 0.5) is 0 Å². The number of carbonyl (C=O) groups is 2. The van der Waals surface area contributed by atoms with Crippen molar-refractivity contribution in [1.82, 2.24) is 0 Å². The monoisotopic (exact) mass is 726 g/mol. The summed E-state index contributed by atoms with van der Waals surface area (Å²) in [6.45, 7) is 5.81. The Balaban J connectivity index is 4.10. The zero-order valence-electron chi connectivity index (χ0n) is 31.6. The molecule has 0 fully saturated rings. The molecule has 50 heavy (non-hydrogen) atoms. The van der Waals surface area contributed by atoms with Gasteiger partial charge in [-0.25, -0.2) is 4.57 Å². The van der Waals surface area contributed by atoms with E-state index in [1.807, 2.05) is 36.5 Å². The van der Waals surface area contributed by atoms with Gasteiger partial charge in [0.25, 0.3) is 0 Å². The van der Waals surface area contributed by atoms with Crippen LogP contribution in [0.1, 0.15) is 162 Å². The van der Waals surface area contributed by atoms with Crippen molar-refractivity contribution >= 4 is 19.8 Å². The minimum Gasteiger partial charge on any atom is -0.462 e. The van der Waals surface area contributed by atoms with Crippen LogP contribution in [0.3, 0.4) is 0 Å². The Bertz CT molecular complexity index is 983. The number of rotatable bonds is 34. The summed E-state index contributed by atoms with van der Waals surface area (Å²) in [5.74, 6) is -0.178. The molecule has 0 unspecified atom stereocenters. The van der Waals surface area contributed by atoms with Gasteiger partial charge in [-0.2, -0.15) is 0 Å². The third-order valence-electron chi connectivity index (χ3n) is 8.13. The van der Waals surface area contributed by atoms with E-state index in [1.165, 1.54) is 51.4 Å². The van der Waals surface area contributed by atoms with Crippen molar-refractivity contribution < 1.29 is 43.0 Å². The third kappa shape index (κ3) is 37.2. The molecule has 0 aromatic rings. The fraction of sp³-hybridized carbons (Fsp3) is 0.750. The van der Waals surface area contributed by atoms with E-state index in [2.05, 4.69) is 37.4 Å². The predicted molar refractivity (Wildman–Crippen MR) is 203 cm³/mol. The standard InChI is InChI=1S/C40H71O9P/c1-4-5-24-30-37(41)31-26-21-17-13-9-7-10-14-18-22-27-32-39(42)47-34-38(35-48-50(44,45)46)49-40(43)33-28-23-19-15-11-6-8-12-16-20-25-29-36(2)3/h7,9,14,17-18,21,26,31,36-38,41H,4-6,8,10-13,15-16,19-20,22-25,27-30,32-35H2,1-3H3,(H2,44,45,46)/b9-7-,18-14-,21-17-,31-26+/t37-,38-/m1/s1. The molecule has 9 nitrogen and oxygen atoms in total. The molecule has 290 valence electrons. The van der Waals surface area contributed by atoms with E-state index in [-0.39, 0.29) is 25.6 Å². The van der Waals surface area contributed by atoms with Crippen molar-refractivity contribution in [3.05, 3.63) is 48.6 Å². The van der Waals surface area contributed by atoms with Crippen LogP contribution in [0.15, 0.2) is 48.6 Å². The summed E-state index contributed by atoms with van der Waals surface area (Å²) >= 11 is 0. The zero-order valence-corrected chi connectivity index (χ0v) is 32.5. The Morgan fingerprint density at radius 3 is 1.84 bits per heavy atom. The number of phosphoric acid groups is 1. The van der Waals surface area contributed by atoms with Crippen LogP contribution >= 0.6 is 7.82 Å². The maximum atomic E-state index is 12.4. The van der Waals surface area contributed by atoms with Gasteiger partial charge >= 0.3 is 19.8 Å². The van der Waals surface area contributed by atoms with Crippen LogP contribution in [-0.2, 0) is 28.2 Å². The average molecular weight is 727 g/mol. The molecule has 0 rings (SSSR count). The quantitative estimate of drug-likeness (QED) is 0.0194. The van der Waals surface area contributed by atoms with Gasteiger partial charge in [0, 0.05) is 12.8 Å². The molecule has 0 aliphatic rings. The van der Waals surface area contributed by atoms with Crippen LogP contribution in [0, 0.1) is 5.92 Å². The topological polar surface area (TPSA) is 140 Å². The number of carbonyl (C=O) groups excluding carboxylic acids is 2. The smallest absolute Gasteiger partial charge is 0.462 e. The molecule has 10 heteroatoms. The second-order valence-electron chi connectivity index (χ2n) is 13.6. The maximum Gasteiger partial charge on any atom is 0.469 e. The predicted octanol–water partition coefficient (Wildman–Crippen LogP) is 10.4. The molecule has 0 radical (unpaired) electrons. The van der Waals surface area contributed by atoms with Crippen molar-refractivity contribution in [1.29, 1.82) is 0 Å². The van der Waals surface area contributed by atoms with E-state index >= 15 is 0 Å². The Morgan fingerprint density at radius 1 is 0.660 bits per heavy atom. The Kier molecular flexibility index (Phi) is 32.7. The number of aliphatic hydroxyl groups excluding tert-OH is 1. The Morgan fingerprint density at radius 2 is 1.22 bits per heavy atom. The molecule has 2 atom stereocenters. The first-order chi connectivity index (χ1) is 24.0. The van der Waals surface area contributed by atoms with Gasteiger partial charge in [0.1, 0.15) is 6.61 Å².